The van der Waals surface area contributed by atoms with E-state index in [9.17, 15) is 4.79 Å². The van der Waals surface area contributed by atoms with Crippen LogP contribution in [0.4, 0.5) is 0 Å². The van der Waals surface area contributed by atoms with E-state index in [4.69, 9.17) is 14.2 Å². The largest absolute Gasteiger partial charge is 0.493 e. The van der Waals surface area contributed by atoms with Gasteiger partial charge < -0.3 is 14.2 Å². The van der Waals surface area contributed by atoms with Gasteiger partial charge in [0.05, 0.1) is 21.3 Å². The van der Waals surface area contributed by atoms with E-state index in [1.165, 1.54) is 0 Å². The second kappa shape index (κ2) is 7.31. The Balaban J connectivity index is 2.41. The van der Waals surface area contributed by atoms with Crippen molar-refractivity contribution in [2.24, 2.45) is 0 Å². The Kier molecular flexibility index (Phi) is 5.44. The minimum absolute atomic E-state index is 0.0325. The number of hydrogen-bond donors (Lipinski definition) is 0. The van der Waals surface area contributed by atoms with Crippen molar-refractivity contribution in [3.8, 4) is 17.2 Å². The third-order valence-corrected chi connectivity index (χ3v) is 4.21. The lowest BCUT2D eigenvalue weighted by atomic mass is 10.0. The molecule has 0 heterocycles. The molecule has 4 nitrogen and oxygen atoms in total. The van der Waals surface area contributed by atoms with E-state index >= 15 is 0 Å². The summed E-state index contributed by atoms with van der Waals surface area (Å²) < 4.78 is 15.9. The van der Waals surface area contributed by atoms with E-state index < -0.39 is 4.83 Å². The van der Waals surface area contributed by atoms with E-state index in [0.29, 0.717) is 22.8 Å². The zero-order valence-electron chi connectivity index (χ0n) is 12.6. The summed E-state index contributed by atoms with van der Waals surface area (Å²) in [7, 11) is 4.63. The maximum absolute atomic E-state index is 12.5. The number of methoxy groups -OCH3 is 3. The quantitative estimate of drug-likeness (QED) is 0.573. The van der Waals surface area contributed by atoms with Crippen LogP contribution in [0.3, 0.4) is 0 Å². The fraction of sp³-hybridized carbons (Fsp3) is 0.235. The first-order valence-electron chi connectivity index (χ1n) is 6.65. The van der Waals surface area contributed by atoms with Gasteiger partial charge in [0.2, 0.25) is 5.75 Å². The monoisotopic (exact) mass is 364 g/mol. The molecule has 2 aromatic carbocycles. The van der Waals surface area contributed by atoms with Crippen molar-refractivity contribution in [2.75, 3.05) is 21.3 Å². The molecule has 0 saturated heterocycles. The number of benzene rings is 2. The zero-order chi connectivity index (χ0) is 16.1. The first kappa shape index (κ1) is 16.4. The summed E-state index contributed by atoms with van der Waals surface area (Å²) in [6.45, 7) is 0. The van der Waals surface area contributed by atoms with Crippen LogP contribution in [0.25, 0.3) is 0 Å². The van der Waals surface area contributed by atoms with Crippen LogP contribution in [0.1, 0.15) is 20.7 Å². The van der Waals surface area contributed by atoms with Crippen LogP contribution in [0.15, 0.2) is 42.5 Å². The minimum atomic E-state index is -0.497. The van der Waals surface area contributed by atoms with Gasteiger partial charge in [0, 0.05) is 5.56 Å². The molecule has 0 amide bonds. The number of ether oxygens (including phenoxy) is 3. The van der Waals surface area contributed by atoms with Gasteiger partial charge in [-0.25, -0.2) is 0 Å². The van der Waals surface area contributed by atoms with Gasteiger partial charge in [0.1, 0.15) is 4.83 Å². The van der Waals surface area contributed by atoms with Crippen molar-refractivity contribution in [1.82, 2.24) is 0 Å². The molecule has 22 heavy (non-hydrogen) atoms. The van der Waals surface area contributed by atoms with Gasteiger partial charge >= 0.3 is 0 Å². The average Bonchev–Trinajstić information content (AvgIpc) is 2.59. The fourth-order valence-corrected chi connectivity index (χ4v) is 2.68. The zero-order valence-corrected chi connectivity index (χ0v) is 14.2. The molecule has 0 aliphatic heterocycles. The Morgan fingerprint density at radius 2 is 1.50 bits per heavy atom. The highest BCUT2D eigenvalue weighted by Gasteiger charge is 2.23. The number of carbonyl (C=O) groups is 1. The second-order valence-electron chi connectivity index (χ2n) is 4.55. The average molecular weight is 365 g/mol. The maximum Gasteiger partial charge on any atom is 0.203 e. The lowest BCUT2D eigenvalue weighted by Gasteiger charge is -2.16. The van der Waals surface area contributed by atoms with Crippen LogP contribution < -0.4 is 14.2 Å². The van der Waals surface area contributed by atoms with Crippen molar-refractivity contribution >= 4 is 21.7 Å². The topological polar surface area (TPSA) is 44.8 Å². The van der Waals surface area contributed by atoms with Crippen molar-refractivity contribution in [2.45, 2.75) is 4.83 Å². The number of hydrogen-bond acceptors (Lipinski definition) is 4. The Morgan fingerprint density at radius 3 is 1.95 bits per heavy atom. The van der Waals surface area contributed by atoms with Crippen LogP contribution in [0.2, 0.25) is 0 Å². The van der Waals surface area contributed by atoms with Gasteiger partial charge in [-0.2, -0.15) is 0 Å². The lowest BCUT2D eigenvalue weighted by Crippen LogP contribution is -2.08. The highest BCUT2D eigenvalue weighted by molar-refractivity contribution is 9.09. The number of ketones is 1. The first-order valence-corrected chi connectivity index (χ1v) is 7.57. The standard InChI is InChI=1S/C17H17BrO4/c1-20-13-9-12(10-14(21-2)17(13)22-3)15(18)16(19)11-7-5-4-6-8-11/h4-10,15H,1-3H3. The third-order valence-electron chi connectivity index (χ3n) is 3.27. The molecule has 0 saturated carbocycles. The number of alkyl halides is 1. The molecule has 1 atom stereocenters. The predicted molar refractivity (Wildman–Crippen MR) is 88.5 cm³/mol. The summed E-state index contributed by atoms with van der Waals surface area (Å²) >= 11 is 3.46. The van der Waals surface area contributed by atoms with Crippen molar-refractivity contribution in [1.29, 1.82) is 0 Å². The smallest absolute Gasteiger partial charge is 0.203 e. The van der Waals surface area contributed by atoms with Crippen molar-refractivity contribution in [3.05, 3.63) is 53.6 Å². The van der Waals surface area contributed by atoms with Crippen molar-refractivity contribution < 1.29 is 19.0 Å². The molecule has 0 aliphatic rings. The summed E-state index contributed by atoms with van der Waals surface area (Å²) in [5.41, 5.74) is 1.38. The predicted octanol–water partition coefficient (Wildman–Crippen LogP) is 4.03. The Hall–Kier alpha value is -2.01. The molecule has 2 rings (SSSR count). The first-order chi connectivity index (χ1) is 10.6. The van der Waals surface area contributed by atoms with Gasteiger partial charge in [-0.3, -0.25) is 4.79 Å². The minimum Gasteiger partial charge on any atom is -0.493 e. The van der Waals surface area contributed by atoms with Crippen LogP contribution >= 0.6 is 15.9 Å². The van der Waals surface area contributed by atoms with Crippen LogP contribution in [0, 0.1) is 0 Å². The Labute approximate surface area is 138 Å². The van der Waals surface area contributed by atoms with Crippen LogP contribution in [0.5, 0.6) is 17.2 Å². The number of halogens is 1. The number of Topliss-reactive ketones (excluding diaryl/α,β-unsaturated/α-hetero) is 1. The normalized spacial score (nSPS) is 11.6. The van der Waals surface area contributed by atoms with Gasteiger partial charge in [-0.1, -0.05) is 46.3 Å². The fourth-order valence-electron chi connectivity index (χ4n) is 2.15. The third kappa shape index (κ3) is 3.25. The summed E-state index contributed by atoms with van der Waals surface area (Å²) in [4.78, 5) is 12.0. The van der Waals surface area contributed by atoms with E-state index in [-0.39, 0.29) is 5.78 Å². The summed E-state index contributed by atoms with van der Waals surface area (Å²) in [6, 6.07) is 12.6. The molecule has 0 aliphatic carbocycles. The molecule has 0 N–H and O–H groups in total. The molecular formula is C17H17BrO4. The van der Waals surface area contributed by atoms with Gasteiger partial charge in [0.25, 0.3) is 0 Å². The SMILES string of the molecule is COc1cc(C(Br)C(=O)c2ccccc2)cc(OC)c1OC. The number of carbonyl (C=O) groups excluding carboxylic acids is 1. The molecule has 0 radical (unpaired) electrons. The molecular weight excluding hydrogens is 348 g/mol. The molecule has 0 fully saturated rings. The molecule has 0 spiro atoms. The van der Waals surface area contributed by atoms with Crippen molar-refractivity contribution in [3.63, 3.8) is 0 Å². The van der Waals surface area contributed by atoms with E-state index in [2.05, 4.69) is 15.9 Å². The van der Waals surface area contributed by atoms with Gasteiger partial charge in [-0.15, -0.1) is 0 Å². The van der Waals surface area contributed by atoms with Crippen LogP contribution in [-0.2, 0) is 0 Å². The Bertz CT molecular complexity index is 630. The van der Waals surface area contributed by atoms with Crippen LogP contribution in [-0.4, -0.2) is 27.1 Å². The second-order valence-corrected chi connectivity index (χ2v) is 5.47. The summed E-state index contributed by atoms with van der Waals surface area (Å²) in [5.74, 6) is 1.50. The highest BCUT2D eigenvalue weighted by atomic mass is 79.9. The van der Waals surface area contributed by atoms with E-state index in [0.717, 1.165) is 5.56 Å². The highest BCUT2D eigenvalue weighted by Crippen LogP contribution is 2.41. The Morgan fingerprint density at radius 1 is 0.955 bits per heavy atom. The van der Waals surface area contributed by atoms with E-state index in [1.54, 1.807) is 45.6 Å². The summed E-state index contributed by atoms with van der Waals surface area (Å²) in [6.07, 6.45) is 0. The molecule has 0 bridgehead atoms. The lowest BCUT2D eigenvalue weighted by molar-refractivity contribution is 0.0991. The maximum atomic E-state index is 12.5. The molecule has 1 unspecified atom stereocenters. The van der Waals surface area contributed by atoms with E-state index in [1.807, 2.05) is 18.2 Å². The van der Waals surface area contributed by atoms with Gasteiger partial charge in [-0.05, 0) is 17.7 Å². The molecule has 2 aromatic rings. The molecule has 0 aromatic heterocycles. The molecule has 116 valence electrons. The molecule has 5 heteroatoms. The van der Waals surface area contributed by atoms with Gasteiger partial charge in [0.15, 0.2) is 17.3 Å². The number of rotatable bonds is 6. The summed E-state index contributed by atoms with van der Waals surface area (Å²) in [5, 5.41) is 0.